The van der Waals surface area contributed by atoms with Crippen LogP contribution in [0.3, 0.4) is 0 Å². The number of benzene rings is 2. The minimum atomic E-state index is -4.32. The van der Waals surface area contributed by atoms with Gasteiger partial charge in [0.05, 0.1) is 18.7 Å². The standard InChI is InChI=1S/C45H53N3O8S/c1-7-9-16-46-18-19-47(17-12-10-11-13-41(51)56-48-39(49)14-15-40(48)50)43(46)42-35-22-33-29(8-2)24-44(3,4)25-30(33)20-37(35)55-38-21-31-26-45(5,6)27-32(28-57(52,53)54)34(31)23-36(38)42/h18-24,26-27H,7-17,25,28H2,1-6H3/p+1. The molecular weight excluding hydrogens is 743 g/mol. The summed E-state index contributed by atoms with van der Waals surface area (Å²) in [6, 6.07) is 8.54. The molecule has 302 valence electrons. The highest BCUT2D eigenvalue weighted by atomic mass is 32.2. The number of imidazole rings is 1. The maximum absolute atomic E-state index is 12.5. The number of amides is 2. The number of ether oxygens (including phenoxy) is 1. The predicted octanol–water partition coefficient (Wildman–Crippen LogP) is 6.56. The van der Waals surface area contributed by atoms with Crippen molar-refractivity contribution >= 4 is 50.7 Å². The molecule has 1 saturated heterocycles. The molecule has 12 heteroatoms. The van der Waals surface area contributed by atoms with Gasteiger partial charge in [0.2, 0.25) is 0 Å². The van der Waals surface area contributed by atoms with E-state index in [4.69, 9.17) is 9.57 Å². The fourth-order valence-electron chi connectivity index (χ4n) is 8.77. The van der Waals surface area contributed by atoms with Gasteiger partial charge in [-0.25, -0.2) is 13.9 Å². The van der Waals surface area contributed by atoms with Crippen molar-refractivity contribution < 1.29 is 41.5 Å². The lowest BCUT2D eigenvalue weighted by molar-refractivity contribution is -0.699. The Hall–Kier alpha value is -4.81. The zero-order chi connectivity index (χ0) is 40.9. The van der Waals surface area contributed by atoms with Crippen LogP contribution in [-0.4, -0.2) is 46.1 Å². The minimum absolute atomic E-state index is 0.00126. The number of allylic oxidation sites excluding steroid dienone is 3. The molecule has 1 aromatic heterocycles. The number of aryl methyl sites for hydroxylation is 2. The van der Waals surface area contributed by atoms with Gasteiger partial charge in [0.1, 0.15) is 29.6 Å². The Morgan fingerprint density at radius 3 is 2.35 bits per heavy atom. The Kier molecular flexibility index (Phi) is 11.0. The molecule has 0 spiro atoms. The van der Waals surface area contributed by atoms with Crippen molar-refractivity contribution in [3.05, 3.63) is 87.3 Å². The molecule has 2 aromatic carbocycles. The van der Waals surface area contributed by atoms with Crippen LogP contribution in [0, 0.1) is 10.8 Å². The number of carbonyl (C=O) groups is 3. The van der Waals surface area contributed by atoms with E-state index in [0.29, 0.717) is 35.8 Å². The Bertz CT molecular complexity index is 2450. The van der Waals surface area contributed by atoms with Crippen LogP contribution in [0.25, 0.3) is 22.8 Å². The summed E-state index contributed by atoms with van der Waals surface area (Å²) in [6.07, 6.45) is 16.6. The number of hydrogen-bond donors (Lipinski definition) is 1. The zero-order valence-corrected chi connectivity index (χ0v) is 34.8. The average molecular weight is 797 g/mol. The average Bonchev–Trinajstić information content (AvgIpc) is 3.66. The highest BCUT2D eigenvalue weighted by molar-refractivity contribution is 7.86. The normalized spacial score (nSPS) is 17.8. The highest BCUT2D eigenvalue weighted by Gasteiger charge is 2.35. The number of rotatable bonds is 14. The molecule has 7 rings (SSSR count). The Morgan fingerprint density at radius 2 is 1.65 bits per heavy atom. The summed E-state index contributed by atoms with van der Waals surface area (Å²) in [5.74, 6) is 0.385. The molecule has 2 amide bonds. The molecule has 3 heterocycles. The maximum atomic E-state index is 12.5. The lowest BCUT2D eigenvalue weighted by Crippen LogP contribution is -2.39. The van der Waals surface area contributed by atoms with Crippen LogP contribution in [-0.2, 0) is 48.8 Å². The van der Waals surface area contributed by atoms with Crippen molar-refractivity contribution in [1.29, 1.82) is 0 Å². The molecule has 2 aliphatic heterocycles. The first-order valence-corrected chi connectivity index (χ1v) is 21.9. The number of unbranched alkanes of at least 4 members (excludes halogenated alkanes) is 3. The van der Waals surface area contributed by atoms with E-state index in [-0.39, 0.29) is 24.7 Å². The van der Waals surface area contributed by atoms with Crippen LogP contribution in [0.5, 0.6) is 11.5 Å². The first kappa shape index (κ1) is 40.4. The Morgan fingerprint density at radius 1 is 0.895 bits per heavy atom. The van der Waals surface area contributed by atoms with Gasteiger partial charge in [0.15, 0.2) is 0 Å². The van der Waals surface area contributed by atoms with E-state index < -0.39 is 39.1 Å². The molecule has 11 nitrogen and oxygen atoms in total. The summed E-state index contributed by atoms with van der Waals surface area (Å²) < 4.78 is 46.2. The molecule has 3 aromatic rings. The summed E-state index contributed by atoms with van der Waals surface area (Å²) >= 11 is 0. The summed E-state index contributed by atoms with van der Waals surface area (Å²) in [7, 11) is -4.32. The fraction of sp³-hybridized carbons (Fsp3) is 0.467. The van der Waals surface area contributed by atoms with Crippen molar-refractivity contribution in [2.24, 2.45) is 10.8 Å². The van der Waals surface area contributed by atoms with Gasteiger partial charge in [0, 0.05) is 35.5 Å². The first-order valence-electron chi connectivity index (χ1n) is 20.3. The van der Waals surface area contributed by atoms with Crippen LogP contribution in [0.2, 0.25) is 0 Å². The van der Waals surface area contributed by atoms with Gasteiger partial charge in [-0.15, -0.1) is 5.06 Å². The van der Waals surface area contributed by atoms with E-state index in [1.165, 1.54) is 16.7 Å². The van der Waals surface area contributed by atoms with Crippen molar-refractivity contribution in [1.82, 2.24) is 9.63 Å². The van der Waals surface area contributed by atoms with Gasteiger partial charge < -0.3 is 9.57 Å². The third-order valence-electron chi connectivity index (χ3n) is 11.2. The van der Waals surface area contributed by atoms with Crippen LogP contribution < -0.4 is 19.7 Å². The van der Waals surface area contributed by atoms with E-state index in [1.54, 1.807) is 0 Å². The lowest BCUT2D eigenvalue weighted by atomic mass is 9.74. The second-order valence-electron chi connectivity index (χ2n) is 17.2. The number of fused-ring (bicyclic) bond motifs is 4. The number of nitrogens with zero attached hydrogens (tertiary/aromatic N) is 3. The number of imide groups is 1. The predicted molar refractivity (Wildman–Crippen MR) is 217 cm³/mol. The molecule has 0 unspecified atom stereocenters. The van der Waals surface area contributed by atoms with Crippen LogP contribution >= 0.6 is 0 Å². The minimum Gasteiger partial charge on any atom is -0.456 e. The molecule has 0 atom stereocenters. The number of aromatic nitrogens is 2. The fourth-order valence-corrected chi connectivity index (χ4v) is 9.40. The van der Waals surface area contributed by atoms with Gasteiger partial charge in [-0.2, -0.15) is 8.42 Å². The maximum Gasteiger partial charge on any atom is 0.333 e. The smallest absolute Gasteiger partial charge is 0.333 e. The molecule has 1 N–H and O–H groups in total. The van der Waals surface area contributed by atoms with Crippen LogP contribution in [0.4, 0.5) is 0 Å². The van der Waals surface area contributed by atoms with E-state index >= 15 is 0 Å². The van der Waals surface area contributed by atoms with Gasteiger partial charge in [-0.05, 0) is 101 Å². The second-order valence-corrected chi connectivity index (χ2v) is 18.6. The molecule has 1 fully saturated rings. The van der Waals surface area contributed by atoms with Gasteiger partial charge in [-0.3, -0.25) is 14.1 Å². The highest BCUT2D eigenvalue weighted by Crippen LogP contribution is 2.45. The number of hydroxylamine groups is 2. The van der Waals surface area contributed by atoms with Crippen molar-refractivity contribution in [3.63, 3.8) is 0 Å². The van der Waals surface area contributed by atoms with Gasteiger partial charge in [0.25, 0.3) is 27.8 Å². The first-order chi connectivity index (χ1) is 27.0. The van der Waals surface area contributed by atoms with Gasteiger partial charge in [-0.1, -0.05) is 66.2 Å². The summed E-state index contributed by atoms with van der Waals surface area (Å²) in [5, 5.41) is 2.29. The van der Waals surface area contributed by atoms with E-state index in [9.17, 15) is 27.4 Å². The topological polar surface area (TPSA) is 136 Å². The SMILES string of the molecule is CCCCn1cc[n+](CCCCCC(=O)ON2C(=O)CCC2=O)c1C1=c2cc3c(cc2Oc2cc4c(cc21)C(CC)=CC(C)(C)C4)=CC(C)(C)C=C3CS(=O)(=O)O. The molecular formula is C45H54N3O8S+. The summed E-state index contributed by atoms with van der Waals surface area (Å²) in [4.78, 5) is 41.4. The summed E-state index contributed by atoms with van der Waals surface area (Å²) in [5.41, 5.74) is 6.52. The molecule has 0 bridgehead atoms. The largest absolute Gasteiger partial charge is 0.456 e. The zero-order valence-electron chi connectivity index (χ0n) is 33.9. The Balaban J connectivity index is 1.34. The number of carbonyl (C=O) groups excluding carboxylic acids is 3. The van der Waals surface area contributed by atoms with Crippen molar-refractivity contribution in [3.8, 4) is 11.5 Å². The Labute approximate surface area is 335 Å². The lowest BCUT2D eigenvalue weighted by Gasteiger charge is -2.32. The van der Waals surface area contributed by atoms with E-state index in [1.807, 2.05) is 32.1 Å². The van der Waals surface area contributed by atoms with E-state index in [0.717, 1.165) is 77.4 Å². The quantitative estimate of drug-likeness (QED) is 0.0656. The second kappa shape index (κ2) is 15.5. The van der Waals surface area contributed by atoms with Gasteiger partial charge >= 0.3 is 5.97 Å². The van der Waals surface area contributed by atoms with Crippen LogP contribution in [0.15, 0.2) is 48.8 Å². The summed E-state index contributed by atoms with van der Waals surface area (Å²) in [6.45, 7) is 14.4. The molecule has 4 aliphatic rings. The number of hydrogen-bond acceptors (Lipinski definition) is 7. The molecule has 0 radical (unpaired) electrons. The van der Waals surface area contributed by atoms with Crippen molar-refractivity contribution in [2.75, 3.05) is 5.75 Å². The molecule has 57 heavy (non-hydrogen) atoms. The molecule has 0 saturated carbocycles. The van der Waals surface area contributed by atoms with E-state index in [2.05, 4.69) is 73.5 Å². The van der Waals surface area contributed by atoms with Crippen molar-refractivity contribution in [2.45, 2.75) is 119 Å². The third-order valence-corrected chi connectivity index (χ3v) is 11.9. The van der Waals surface area contributed by atoms with Crippen LogP contribution in [0.1, 0.15) is 127 Å². The third kappa shape index (κ3) is 8.57. The molecule has 2 aliphatic carbocycles. The monoisotopic (exact) mass is 796 g/mol.